The number of nitrogens with zero attached hydrogens (tertiary/aromatic N) is 4. The number of amides is 2. The third-order valence-corrected chi connectivity index (χ3v) is 4.24. The minimum atomic E-state index is -3.01. The van der Waals surface area contributed by atoms with Gasteiger partial charge < -0.3 is 14.0 Å². The summed E-state index contributed by atoms with van der Waals surface area (Å²) in [5, 5.41) is 3.66. The van der Waals surface area contributed by atoms with Gasteiger partial charge in [-0.25, -0.2) is 13.9 Å². The lowest BCUT2D eigenvalue weighted by molar-refractivity contribution is 0.0607. The van der Waals surface area contributed by atoms with Crippen molar-refractivity contribution in [1.29, 1.82) is 0 Å². The zero-order chi connectivity index (χ0) is 18.6. The second kappa shape index (κ2) is 7.96. The number of hydrogen-bond donors (Lipinski definition) is 1. The number of rotatable bonds is 5. The number of nitrogens with one attached hydrogen (secondary N) is 1. The lowest BCUT2D eigenvalue weighted by atomic mass is 10.4. The molecule has 0 saturated heterocycles. The average molecular weight is 386 g/mol. The lowest BCUT2D eigenvalue weighted by Gasteiger charge is -2.23. The fourth-order valence-corrected chi connectivity index (χ4v) is 3.06. The fourth-order valence-electron chi connectivity index (χ4n) is 1.72. The van der Waals surface area contributed by atoms with Crippen molar-refractivity contribution in [3.63, 3.8) is 0 Å². The molecule has 0 spiro atoms. The number of aryl methyl sites for hydroxylation is 1. The molecule has 0 saturated carbocycles. The first-order chi connectivity index (χ1) is 11.9. The van der Waals surface area contributed by atoms with E-state index in [-0.39, 0.29) is 28.3 Å². The van der Waals surface area contributed by atoms with E-state index in [1.165, 1.54) is 25.5 Å². The molecule has 0 aliphatic carbocycles. The number of esters is 1. The molecular formula is C12H12N5O6S2-. The molecule has 2 aromatic heterocycles. The van der Waals surface area contributed by atoms with E-state index < -0.39 is 23.3 Å². The SMILES string of the molecule is COC(=O)c1sccc1N(C(=O)Nc1nc(C)nc(OC)n1)S(=O)[O-]. The Bertz CT molecular complexity index is 826. The summed E-state index contributed by atoms with van der Waals surface area (Å²) in [6.45, 7) is 1.54. The summed E-state index contributed by atoms with van der Waals surface area (Å²) in [5.74, 6) is -0.728. The van der Waals surface area contributed by atoms with Gasteiger partial charge >= 0.3 is 18.0 Å². The van der Waals surface area contributed by atoms with Crippen LogP contribution in [0.5, 0.6) is 6.01 Å². The molecule has 0 aliphatic rings. The molecule has 1 unspecified atom stereocenters. The first kappa shape index (κ1) is 18.7. The van der Waals surface area contributed by atoms with E-state index >= 15 is 0 Å². The Kier molecular flexibility index (Phi) is 5.95. The predicted molar refractivity (Wildman–Crippen MR) is 87.2 cm³/mol. The van der Waals surface area contributed by atoms with E-state index in [0.29, 0.717) is 4.31 Å². The van der Waals surface area contributed by atoms with E-state index in [2.05, 4.69) is 25.0 Å². The number of carbonyl (C=O) groups is 2. The Morgan fingerprint density at radius 1 is 1.32 bits per heavy atom. The topological polar surface area (TPSA) is 147 Å². The third-order valence-electron chi connectivity index (χ3n) is 2.70. The number of thiophene rings is 1. The molecule has 0 aliphatic heterocycles. The quantitative estimate of drug-likeness (QED) is 0.584. The van der Waals surface area contributed by atoms with Crippen molar-refractivity contribution in [2.75, 3.05) is 23.8 Å². The van der Waals surface area contributed by atoms with Gasteiger partial charge in [-0.05, 0) is 18.4 Å². The van der Waals surface area contributed by atoms with Crippen LogP contribution in [0.2, 0.25) is 0 Å². The number of urea groups is 1. The number of hydrogen-bond acceptors (Lipinski definition) is 10. The van der Waals surface area contributed by atoms with Gasteiger partial charge in [0.05, 0.1) is 31.2 Å². The molecule has 1 N–H and O–H groups in total. The monoisotopic (exact) mass is 386 g/mol. The minimum Gasteiger partial charge on any atom is -0.755 e. The number of anilines is 2. The van der Waals surface area contributed by atoms with Gasteiger partial charge in [0.2, 0.25) is 5.95 Å². The van der Waals surface area contributed by atoms with Crippen LogP contribution in [0, 0.1) is 6.92 Å². The molecule has 0 radical (unpaired) electrons. The Hall–Kier alpha value is -2.64. The largest absolute Gasteiger partial charge is 0.755 e. The van der Waals surface area contributed by atoms with E-state index in [4.69, 9.17) is 4.74 Å². The molecule has 13 heteroatoms. The smallest absolute Gasteiger partial charge is 0.350 e. The molecule has 0 fully saturated rings. The molecule has 11 nitrogen and oxygen atoms in total. The third kappa shape index (κ3) is 4.26. The van der Waals surface area contributed by atoms with Crippen LogP contribution in [0.1, 0.15) is 15.5 Å². The summed E-state index contributed by atoms with van der Waals surface area (Å²) in [5.41, 5.74) is -0.152. The van der Waals surface area contributed by atoms with Crippen molar-refractivity contribution in [2.45, 2.75) is 6.92 Å². The van der Waals surface area contributed by atoms with Crippen LogP contribution >= 0.6 is 11.3 Å². The van der Waals surface area contributed by atoms with Gasteiger partial charge in [-0.3, -0.25) is 9.53 Å². The van der Waals surface area contributed by atoms with Crippen LogP contribution < -0.4 is 14.4 Å². The van der Waals surface area contributed by atoms with Crippen molar-refractivity contribution < 1.29 is 27.8 Å². The van der Waals surface area contributed by atoms with Gasteiger partial charge in [0.15, 0.2) is 0 Å². The van der Waals surface area contributed by atoms with Crippen molar-refractivity contribution in [3.8, 4) is 6.01 Å². The highest BCUT2D eigenvalue weighted by molar-refractivity contribution is 7.81. The first-order valence-electron chi connectivity index (χ1n) is 6.50. The van der Waals surface area contributed by atoms with Crippen LogP contribution in [-0.4, -0.2) is 49.9 Å². The highest BCUT2D eigenvalue weighted by atomic mass is 32.2. The van der Waals surface area contributed by atoms with Gasteiger partial charge in [0.1, 0.15) is 10.7 Å². The Labute approximate surface area is 148 Å². The first-order valence-corrected chi connectivity index (χ1v) is 8.41. The standard InChI is InChI=1S/C12H13N5O6S2/c1-6-13-10(15-11(14-6)23-3)16-12(19)17(25(20)21)7-4-5-24-8(7)9(18)22-2/h4-5H,1-3H3,(H,20,21)(H,13,14,15,16,19)/p-1. The summed E-state index contributed by atoms with van der Waals surface area (Å²) < 4.78 is 32.8. The highest BCUT2D eigenvalue weighted by Gasteiger charge is 2.25. The number of aromatic nitrogens is 3. The van der Waals surface area contributed by atoms with Gasteiger partial charge in [0, 0.05) is 0 Å². The second-order valence-electron chi connectivity index (χ2n) is 4.26. The van der Waals surface area contributed by atoms with Gasteiger partial charge in [-0.15, -0.1) is 11.3 Å². The normalized spacial score (nSPS) is 11.5. The second-order valence-corrected chi connectivity index (χ2v) is 5.98. The minimum absolute atomic E-state index is 0.0498. The molecule has 25 heavy (non-hydrogen) atoms. The number of ether oxygens (including phenoxy) is 2. The van der Waals surface area contributed by atoms with E-state index in [9.17, 15) is 18.4 Å². The molecule has 2 rings (SSSR count). The van der Waals surface area contributed by atoms with E-state index in [1.54, 1.807) is 0 Å². The van der Waals surface area contributed by atoms with E-state index in [1.807, 2.05) is 0 Å². The molecule has 2 heterocycles. The average Bonchev–Trinajstić information content (AvgIpc) is 3.02. The van der Waals surface area contributed by atoms with Crippen LogP contribution in [0.15, 0.2) is 11.4 Å². The predicted octanol–water partition coefficient (Wildman–Crippen LogP) is 0.869. The number of carbonyl (C=O) groups excluding carboxylic acids is 2. The zero-order valence-electron chi connectivity index (χ0n) is 13.2. The van der Waals surface area contributed by atoms with Crippen LogP contribution in [0.3, 0.4) is 0 Å². The maximum Gasteiger partial charge on any atom is 0.350 e. The molecular weight excluding hydrogens is 374 g/mol. The van der Waals surface area contributed by atoms with Crippen molar-refractivity contribution >= 4 is 46.2 Å². The fraction of sp³-hybridized carbons (Fsp3) is 0.250. The Morgan fingerprint density at radius 3 is 2.64 bits per heavy atom. The highest BCUT2D eigenvalue weighted by Crippen LogP contribution is 2.28. The van der Waals surface area contributed by atoms with Crippen molar-refractivity contribution in [2.24, 2.45) is 0 Å². The summed E-state index contributed by atoms with van der Waals surface area (Å²) >= 11 is -2.08. The van der Waals surface area contributed by atoms with Crippen LogP contribution in [0.25, 0.3) is 0 Å². The number of methoxy groups -OCH3 is 2. The summed E-state index contributed by atoms with van der Waals surface area (Å²) in [4.78, 5) is 35.5. The maximum atomic E-state index is 12.4. The Balaban J connectivity index is 2.34. The molecule has 1 atom stereocenters. The molecule has 2 aromatic rings. The summed E-state index contributed by atoms with van der Waals surface area (Å²) in [7, 11) is 2.47. The van der Waals surface area contributed by atoms with E-state index in [0.717, 1.165) is 18.4 Å². The van der Waals surface area contributed by atoms with Crippen molar-refractivity contribution in [1.82, 2.24) is 15.0 Å². The van der Waals surface area contributed by atoms with Crippen LogP contribution in [-0.2, 0) is 16.0 Å². The molecule has 2 amide bonds. The zero-order valence-corrected chi connectivity index (χ0v) is 14.8. The van der Waals surface area contributed by atoms with Crippen LogP contribution in [0.4, 0.5) is 16.4 Å². The maximum absolute atomic E-state index is 12.4. The summed E-state index contributed by atoms with van der Waals surface area (Å²) in [6, 6.07) is 0.152. The summed E-state index contributed by atoms with van der Waals surface area (Å²) in [6.07, 6.45) is 0. The molecule has 134 valence electrons. The van der Waals surface area contributed by atoms with Crippen molar-refractivity contribution in [3.05, 3.63) is 22.1 Å². The van der Waals surface area contributed by atoms with Gasteiger partial charge in [0.25, 0.3) is 0 Å². The van der Waals surface area contributed by atoms with Gasteiger partial charge in [-0.1, -0.05) is 0 Å². The molecule has 0 aromatic carbocycles. The molecule has 0 bridgehead atoms. The van der Waals surface area contributed by atoms with Gasteiger partial charge in [-0.2, -0.15) is 15.0 Å². The Morgan fingerprint density at radius 2 is 2.04 bits per heavy atom. The lowest BCUT2D eigenvalue weighted by Crippen LogP contribution is -2.37.